The summed E-state index contributed by atoms with van der Waals surface area (Å²) >= 11 is 0. The smallest absolute Gasteiger partial charge is 0.406 e. The number of nitrogens with one attached hydrogen (secondary N) is 2. The number of ether oxygens (including phenoxy) is 1. The number of aliphatic hydroxyl groups is 2. The van der Waals surface area contributed by atoms with E-state index in [1.54, 1.807) is 0 Å². The van der Waals surface area contributed by atoms with Crippen LogP contribution in [0.5, 0.6) is 5.75 Å². The van der Waals surface area contributed by atoms with Gasteiger partial charge >= 0.3 is 12.4 Å². The number of fused-ring (bicyclic) bond motifs is 5. The second-order valence-electron chi connectivity index (χ2n) is 14.8. The van der Waals surface area contributed by atoms with Crippen LogP contribution in [0.3, 0.4) is 0 Å². The highest BCUT2D eigenvalue weighted by molar-refractivity contribution is 7.90. The molecule has 8 nitrogen and oxygen atoms in total. The van der Waals surface area contributed by atoms with E-state index in [1.807, 2.05) is 4.72 Å². The second kappa shape index (κ2) is 12.5. The molecule has 4 fully saturated rings. The lowest BCUT2D eigenvalue weighted by Crippen LogP contribution is -2.62. The number of hydrogen-bond acceptors (Lipinski definition) is 6. The van der Waals surface area contributed by atoms with Gasteiger partial charge in [0.1, 0.15) is 5.75 Å². The van der Waals surface area contributed by atoms with Crippen LogP contribution in [-0.4, -0.2) is 49.8 Å². The van der Waals surface area contributed by atoms with Crippen molar-refractivity contribution in [2.75, 3.05) is 6.54 Å². The van der Waals surface area contributed by atoms with Gasteiger partial charge in [-0.25, -0.2) is 17.9 Å². The molecule has 0 aliphatic heterocycles. The van der Waals surface area contributed by atoms with Crippen LogP contribution < -0.4 is 14.8 Å². The number of benzene rings is 1. The molecule has 1 aromatic rings. The van der Waals surface area contributed by atoms with Gasteiger partial charge in [0.25, 0.3) is 10.0 Å². The van der Waals surface area contributed by atoms with Crippen LogP contribution in [0.15, 0.2) is 29.2 Å². The number of carbonyl (C=O) groups excluding carboxylic acids is 1. The van der Waals surface area contributed by atoms with Crippen LogP contribution in [0.4, 0.5) is 18.0 Å². The molecule has 11 atom stereocenters. The van der Waals surface area contributed by atoms with Gasteiger partial charge in [-0.2, -0.15) is 0 Å². The molecule has 4 saturated carbocycles. The standard InChI is InChI=1S/C33H49F3N2O6S/c1-5-23-27-18-20(39)12-15-32(27,4)26-13-16-31(3)24(10-11-25(31)28(26)29(23)40)19(2)14-17-37-30(41)38-45(42,43)22-8-6-21(7-9-22)44-33(34,35)36/h6-9,19-20,23-29,39-40H,5,10-18H2,1-4H3,(H2,37,38,41)/t19-,20-,23-,24-,25+,26+,27+,28+,29-,31-,32-/m1/s1. The van der Waals surface area contributed by atoms with E-state index in [0.29, 0.717) is 30.1 Å². The van der Waals surface area contributed by atoms with Gasteiger partial charge in [-0.15, -0.1) is 13.2 Å². The van der Waals surface area contributed by atoms with Crippen molar-refractivity contribution in [3.63, 3.8) is 0 Å². The number of hydrogen-bond donors (Lipinski definition) is 4. The summed E-state index contributed by atoms with van der Waals surface area (Å²) in [6, 6.07) is 2.73. The van der Waals surface area contributed by atoms with E-state index in [1.165, 1.54) is 0 Å². The van der Waals surface area contributed by atoms with Crippen LogP contribution in [0, 0.1) is 52.3 Å². The van der Waals surface area contributed by atoms with Crippen LogP contribution in [0.2, 0.25) is 0 Å². The Kier molecular flexibility index (Phi) is 9.54. The Morgan fingerprint density at radius 1 is 1.02 bits per heavy atom. The highest BCUT2D eigenvalue weighted by Gasteiger charge is 2.64. The lowest BCUT2D eigenvalue weighted by Gasteiger charge is -2.64. The molecule has 0 saturated heterocycles. The largest absolute Gasteiger partial charge is 0.573 e. The minimum absolute atomic E-state index is 0.0742. The zero-order valence-corrected chi connectivity index (χ0v) is 27.5. The number of carbonyl (C=O) groups is 1. The Bertz CT molecular complexity index is 1330. The van der Waals surface area contributed by atoms with E-state index in [9.17, 15) is 36.6 Å². The first-order valence-corrected chi connectivity index (χ1v) is 18.0. The Morgan fingerprint density at radius 2 is 1.67 bits per heavy atom. The molecule has 0 spiro atoms. The van der Waals surface area contributed by atoms with Gasteiger partial charge in [0.2, 0.25) is 0 Å². The van der Waals surface area contributed by atoms with E-state index < -0.39 is 28.2 Å². The summed E-state index contributed by atoms with van der Waals surface area (Å²) in [5.74, 6) is 1.82. The van der Waals surface area contributed by atoms with Crippen molar-refractivity contribution in [3.8, 4) is 5.75 Å². The molecular weight excluding hydrogens is 609 g/mol. The van der Waals surface area contributed by atoms with Crippen molar-refractivity contribution < 1.29 is 41.3 Å². The summed E-state index contributed by atoms with van der Waals surface area (Å²) < 4.78 is 68.0. The average molecular weight is 659 g/mol. The molecule has 5 rings (SSSR count). The number of rotatable bonds is 8. The van der Waals surface area contributed by atoms with Crippen molar-refractivity contribution in [1.82, 2.24) is 10.0 Å². The van der Waals surface area contributed by atoms with Gasteiger partial charge in [0, 0.05) is 6.54 Å². The molecule has 0 heterocycles. The topological polar surface area (TPSA) is 125 Å². The fourth-order valence-electron chi connectivity index (χ4n) is 10.6. The molecule has 2 amide bonds. The van der Waals surface area contributed by atoms with E-state index in [-0.39, 0.29) is 52.2 Å². The lowest BCUT2D eigenvalue weighted by atomic mass is 9.41. The molecule has 12 heteroatoms. The van der Waals surface area contributed by atoms with Gasteiger partial charge in [-0.3, -0.25) is 0 Å². The summed E-state index contributed by atoms with van der Waals surface area (Å²) in [5, 5.41) is 25.0. The zero-order valence-electron chi connectivity index (χ0n) is 26.6. The molecule has 254 valence electrons. The Morgan fingerprint density at radius 3 is 2.31 bits per heavy atom. The number of halogens is 3. The van der Waals surface area contributed by atoms with Crippen LogP contribution >= 0.6 is 0 Å². The third-order valence-corrected chi connectivity index (χ3v) is 14.0. The minimum atomic E-state index is -4.90. The van der Waals surface area contributed by atoms with E-state index >= 15 is 0 Å². The highest BCUT2D eigenvalue weighted by atomic mass is 32.2. The molecule has 0 bridgehead atoms. The third-order valence-electron chi connectivity index (χ3n) is 12.6. The fraction of sp³-hybridized carbons (Fsp3) is 0.788. The fourth-order valence-corrected chi connectivity index (χ4v) is 11.5. The van der Waals surface area contributed by atoms with Crippen LogP contribution in [0.1, 0.15) is 85.5 Å². The molecule has 0 aromatic heterocycles. The van der Waals surface area contributed by atoms with Gasteiger partial charge in [-0.05, 0) is 128 Å². The average Bonchev–Trinajstić information content (AvgIpc) is 3.30. The summed E-state index contributed by atoms with van der Waals surface area (Å²) in [5.41, 5.74) is 0.218. The van der Waals surface area contributed by atoms with E-state index in [2.05, 4.69) is 37.7 Å². The number of amides is 2. The molecule has 1 aromatic carbocycles. The third kappa shape index (κ3) is 6.57. The van der Waals surface area contributed by atoms with Crippen molar-refractivity contribution in [2.45, 2.75) is 109 Å². The monoisotopic (exact) mass is 658 g/mol. The normalized spacial score (nSPS) is 38.8. The maximum absolute atomic E-state index is 12.6. The first-order chi connectivity index (χ1) is 21.0. The first kappa shape index (κ1) is 34.3. The van der Waals surface area contributed by atoms with Crippen LogP contribution in [0.25, 0.3) is 0 Å². The molecule has 45 heavy (non-hydrogen) atoms. The summed E-state index contributed by atoms with van der Waals surface area (Å²) in [7, 11) is -4.29. The zero-order chi connectivity index (χ0) is 32.9. The molecular formula is C33H49F3N2O6S. The number of aliphatic hydroxyl groups excluding tert-OH is 2. The van der Waals surface area contributed by atoms with Crippen molar-refractivity contribution in [1.29, 1.82) is 0 Å². The van der Waals surface area contributed by atoms with Crippen molar-refractivity contribution in [2.24, 2.45) is 52.3 Å². The maximum atomic E-state index is 12.6. The van der Waals surface area contributed by atoms with Gasteiger partial charge in [0.15, 0.2) is 0 Å². The highest BCUT2D eigenvalue weighted by Crippen LogP contribution is 2.69. The van der Waals surface area contributed by atoms with Crippen LogP contribution in [-0.2, 0) is 10.0 Å². The van der Waals surface area contributed by atoms with Crippen molar-refractivity contribution >= 4 is 16.1 Å². The number of sulfonamides is 1. The lowest BCUT2D eigenvalue weighted by molar-refractivity contribution is -0.274. The van der Waals surface area contributed by atoms with Gasteiger partial charge < -0.3 is 20.3 Å². The quantitative estimate of drug-likeness (QED) is 0.263. The number of alkyl halides is 3. The van der Waals surface area contributed by atoms with Gasteiger partial charge in [-0.1, -0.05) is 34.1 Å². The maximum Gasteiger partial charge on any atom is 0.573 e. The Labute approximate surface area is 264 Å². The number of urea groups is 1. The summed E-state index contributed by atoms with van der Waals surface area (Å²) in [6.45, 7) is 9.47. The summed E-state index contributed by atoms with van der Waals surface area (Å²) in [4.78, 5) is 12.1. The Hall–Kier alpha value is -2.05. The Balaban J connectivity index is 1.18. The second-order valence-corrected chi connectivity index (χ2v) is 16.5. The molecule has 4 N–H and O–H groups in total. The molecule has 4 aliphatic carbocycles. The van der Waals surface area contributed by atoms with Crippen molar-refractivity contribution in [3.05, 3.63) is 24.3 Å². The van der Waals surface area contributed by atoms with E-state index in [0.717, 1.165) is 75.6 Å². The first-order valence-electron chi connectivity index (χ1n) is 16.5. The van der Waals surface area contributed by atoms with Gasteiger partial charge in [0.05, 0.1) is 17.1 Å². The predicted octanol–water partition coefficient (Wildman–Crippen LogP) is 6.23. The molecule has 0 radical (unpaired) electrons. The summed E-state index contributed by atoms with van der Waals surface area (Å²) in [6.07, 6.45) is 3.02. The predicted molar refractivity (Wildman–Crippen MR) is 162 cm³/mol. The SMILES string of the molecule is CC[C@H]1[C@@H](O)[C@@H]2[C@H](CC[C@]3(C)[C@@H]([C@H](C)CCNC(=O)NS(=O)(=O)c4ccc(OC(F)(F)F)cc4)CC[C@@H]23)[C@@]2(C)CC[C@@H](O)C[C@@H]12. The molecule has 0 unspecified atom stereocenters. The molecule has 4 aliphatic rings. The van der Waals surface area contributed by atoms with E-state index in [4.69, 9.17) is 0 Å². The minimum Gasteiger partial charge on any atom is -0.406 e.